The first-order valence-electron chi connectivity index (χ1n) is 7.19. The Morgan fingerprint density at radius 1 is 1.20 bits per heavy atom. The van der Waals surface area contributed by atoms with Gasteiger partial charge in [0.25, 0.3) is 0 Å². The van der Waals surface area contributed by atoms with E-state index >= 15 is 0 Å². The van der Waals surface area contributed by atoms with Gasteiger partial charge in [-0.05, 0) is 13.8 Å². The third kappa shape index (κ3) is 5.01. The molecule has 1 unspecified atom stereocenters. The van der Waals surface area contributed by atoms with E-state index in [0.29, 0.717) is 13.2 Å². The molecule has 20 heavy (non-hydrogen) atoms. The van der Waals surface area contributed by atoms with Crippen LogP contribution in [0.5, 0.6) is 0 Å². The lowest BCUT2D eigenvalue weighted by atomic mass is 10.1. The van der Waals surface area contributed by atoms with Gasteiger partial charge in [0.1, 0.15) is 6.10 Å². The Labute approximate surface area is 138 Å². The lowest BCUT2D eigenvalue weighted by Crippen LogP contribution is -2.39. The Hall–Kier alpha value is -0.120. The van der Waals surface area contributed by atoms with Crippen molar-refractivity contribution in [2.24, 2.45) is 4.99 Å². The second kappa shape index (κ2) is 9.01. The van der Waals surface area contributed by atoms with Gasteiger partial charge in [-0.15, -0.1) is 24.0 Å². The monoisotopic (exact) mass is 399 g/mol. The summed E-state index contributed by atoms with van der Waals surface area (Å²) in [5.74, 6) is 0.427. The molecule has 0 aliphatic carbocycles. The molecular formula is C13H26IN3O3. The van der Waals surface area contributed by atoms with Crippen LogP contribution in [0.15, 0.2) is 4.99 Å². The molecule has 2 aliphatic heterocycles. The molecule has 0 saturated carbocycles. The van der Waals surface area contributed by atoms with E-state index in [9.17, 15) is 0 Å². The smallest absolute Gasteiger partial charge is 0.191 e. The minimum absolute atomic E-state index is 0. The molecule has 2 aliphatic rings. The third-order valence-corrected chi connectivity index (χ3v) is 3.31. The predicted molar refractivity (Wildman–Crippen MR) is 88.7 cm³/mol. The first-order chi connectivity index (χ1) is 9.28. The summed E-state index contributed by atoms with van der Waals surface area (Å²) in [6.07, 6.45) is 1.69. The first kappa shape index (κ1) is 17.9. The largest absolute Gasteiger partial charge is 0.381 e. The highest BCUT2D eigenvalue weighted by Gasteiger charge is 2.42. The standard InChI is InChI=1S/C13H25N3O3.HI/c1-3-14-12(15-4-2)16-9-11-10-18-13(19-11)5-7-17-8-6-13;/h11H,3-10H2,1-2H3,(H2,14,15,16);1H. The van der Waals surface area contributed by atoms with Crippen molar-refractivity contribution < 1.29 is 14.2 Å². The van der Waals surface area contributed by atoms with Crippen molar-refractivity contribution in [3.8, 4) is 0 Å². The fourth-order valence-corrected chi connectivity index (χ4v) is 2.35. The Bertz CT molecular complexity index is 301. The number of hydrogen-bond donors (Lipinski definition) is 2. The van der Waals surface area contributed by atoms with Crippen molar-refractivity contribution >= 4 is 29.9 Å². The van der Waals surface area contributed by atoms with E-state index in [1.165, 1.54) is 0 Å². The van der Waals surface area contributed by atoms with Crippen LogP contribution in [0.1, 0.15) is 26.7 Å². The molecule has 1 spiro atoms. The van der Waals surface area contributed by atoms with Crippen molar-refractivity contribution in [2.45, 2.75) is 38.6 Å². The van der Waals surface area contributed by atoms with Crippen LogP contribution in [0.2, 0.25) is 0 Å². The SMILES string of the molecule is CCNC(=NCC1COC2(CCOCC2)O1)NCC.I. The molecule has 2 saturated heterocycles. The number of nitrogens with one attached hydrogen (secondary N) is 2. The number of nitrogens with zero attached hydrogens (tertiary/aromatic N) is 1. The highest BCUT2D eigenvalue weighted by Crippen LogP contribution is 2.33. The zero-order valence-electron chi connectivity index (χ0n) is 12.3. The fourth-order valence-electron chi connectivity index (χ4n) is 2.35. The van der Waals surface area contributed by atoms with Gasteiger partial charge in [-0.1, -0.05) is 0 Å². The quantitative estimate of drug-likeness (QED) is 0.421. The normalized spacial score (nSPS) is 24.0. The van der Waals surface area contributed by atoms with Crippen molar-refractivity contribution in [3.05, 3.63) is 0 Å². The summed E-state index contributed by atoms with van der Waals surface area (Å²) in [5, 5.41) is 6.40. The molecule has 0 aromatic carbocycles. The zero-order chi connectivity index (χ0) is 13.6. The molecule has 1 atom stereocenters. The van der Waals surface area contributed by atoms with Gasteiger partial charge < -0.3 is 24.8 Å². The van der Waals surface area contributed by atoms with Gasteiger partial charge in [-0.2, -0.15) is 0 Å². The number of halogens is 1. The minimum atomic E-state index is -0.408. The van der Waals surface area contributed by atoms with Crippen LogP contribution in [0.3, 0.4) is 0 Å². The highest BCUT2D eigenvalue weighted by atomic mass is 127. The van der Waals surface area contributed by atoms with Crippen molar-refractivity contribution in [1.82, 2.24) is 10.6 Å². The Morgan fingerprint density at radius 3 is 2.45 bits per heavy atom. The van der Waals surface area contributed by atoms with E-state index in [4.69, 9.17) is 14.2 Å². The van der Waals surface area contributed by atoms with E-state index in [-0.39, 0.29) is 30.1 Å². The number of guanidine groups is 1. The molecule has 0 radical (unpaired) electrons. The molecule has 0 amide bonds. The Balaban J connectivity index is 0.00000200. The number of aliphatic imine (C=N–C) groups is 1. The van der Waals surface area contributed by atoms with Crippen LogP contribution in [-0.4, -0.2) is 57.3 Å². The molecular weight excluding hydrogens is 373 g/mol. The molecule has 2 N–H and O–H groups in total. The van der Waals surface area contributed by atoms with E-state index < -0.39 is 5.79 Å². The summed E-state index contributed by atoms with van der Waals surface area (Å²) in [6.45, 7) is 8.50. The maximum atomic E-state index is 6.03. The Morgan fingerprint density at radius 2 is 1.85 bits per heavy atom. The summed E-state index contributed by atoms with van der Waals surface area (Å²) < 4.78 is 17.2. The van der Waals surface area contributed by atoms with Gasteiger partial charge in [0.15, 0.2) is 11.7 Å². The minimum Gasteiger partial charge on any atom is -0.381 e. The molecule has 118 valence electrons. The van der Waals surface area contributed by atoms with Crippen molar-refractivity contribution in [2.75, 3.05) is 39.5 Å². The molecule has 0 aromatic heterocycles. The van der Waals surface area contributed by atoms with Crippen molar-refractivity contribution in [1.29, 1.82) is 0 Å². The summed E-state index contributed by atoms with van der Waals surface area (Å²) in [4.78, 5) is 4.52. The molecule has 2 rings (SSSR count). The third-order valence-electron chi connectivity index (χ3n) is 3.31. The average molecular weight is 399 g/mol. The van der Waals surface area contributed by atoms with Crippen LogP contribution in [0, 0.1) is 0 Å². The summed E-state index contributed by atoms with van der Waals surface area (Å²) in [7, 11) is 0. The molecule has 0 aromatic rings. The lowest BCUT2D eigenvalue weighted by molar-refractivity contribution is -0.210. The summed E-state index contributed by atoms with van der Waals surface area (Å²) in [5.41, 5.74) is 0. The summed E-state index contributed by atoms with van der Waals surface area (Å²) >= 11 is 0. The molecule has 6 nitrogen and oxygen atoms in total. The molecule has 2 fully saturated rings. The Kier molecular flexibility index (Phi) is 8.08. The molecule has 0 bridgehead atoms. The number of ether oxygens (including phenoxy) is 3. The zero-order valence-corrected chi connectivity index (χ0v) is 14.6. The maximum absolute atomic E-state index is 6.03. The van der Waals surface area contributed by atoms with Crippen LogP contribution >= 0.6 is 24.0 Å². The van der Waals surface area contributed by atoms with Gasteiger partial charge >= 0.3 is 0 Å². The van der Waals surface area contributed by atoms with E-state index in [0.717, 1.165) is 45.1 Å². The lowest BCUT2D eigenvalue weighted by Gasteiger charge is -2.31. The van der Waals surface area contributed by atoms with Gasteiger partial charge in [0, 0.05) is 25.9 Å². The van der Waals surface area contributed by atoms with E-state index in [1.54, 1.807) is 0 Å². The number of rotatable bonds is 4. The van der Waals surface area contributed by atoms with Crippen LogP contribution in [0.25, 0.3) is 0 Å². The topological polar surface area (TPSA) is 64.1 Å². The average Bonchev–Trinajstić information content (AvgIpc) is 2.80. The molecule has 7 heteroatoms. The highest BCUT2D eigenvalue weighted by molar-refractivity contribution is 14.0. The van der Waals surface area contributed by atoms with Gasteiger partial charge in [-0.3, -0.25) is 4.99 Å². The van der Waals surface area contributed by atoms with Crippen LogP contribution in [-0.2, 0) is 14.2 Å². The maximum Gasteiger partial charge on any atom is 0.191 e. The van der Waals surface area contributed by atoms with Gasteiger partial charge in [-0.25, -0.2) is 0 Å². The van der Waals surface area contributed by atoms with Crippen LogP contribution < -0.4 is 10.6 Å². The number of hydrogen-bond acceptors (Lipinski definition) is 4. The van der Waals surface area contributed by atoms with Crippen molar-refractivity contribution in [3.63, 3.8) is 0 Å². The summed E-state index contributed by atoms with van der Waals surface area (Å²) in [6, 6.07) is 0. The van der Waals surface area contributed by atoms with Gasteiger partial charge in [0.05, 0.1) is 26.4 Å². The van der Waals surface area contributed by atoms with E-state index in [1.807, 2.05) is 0 Å². The second-order valence-corrected chi connectivity index (χ2v) is 4.82. The second-order valence-electron chi connectivity index (χ2n) is 4.82. The van der Waals surface area contributed by atoms with Crippen LogP contribution in [0.4, 0.5) is 0 Å². The van der Waals surface area contributed by atoms with Gasteiger partial charge in [0.2, 0.25) is 0 Å². The fraction of sp³-hybridized carbons (Fsp3) is 0.923. The molecule has 2 heterocycles. The van der Waals surface area contributed by atoms with E-state index in [2.05, 4.69) is 29.5 Å². The first-order valence-corrected chi connectivity index (χ1v) is 7.19. The predicted octanol–water partition coefficient (Wildman–Crippen LogP) is 1.10.